The van der Waals surface area contributed by atoms with Crippen LogP contribution < -0.4 is 9.47 Å². The molecule has 184 valence electrons. The molecule has 1 aliphatic carbocycles. The van der Waals surface area contributed by atoms with Crippen LogP contribution in [0.2, 0.25) is 0 Å². The molecule has 0 radical (unpaired) electrons. The maximum Gasteiger partial charge on any atom is 0.142 e. The highest BCUT2D eigenvalue weighted by Crippen LogP contribution is 2.47. The van der Waals surface area contributed by atoms with Crippen LogP contribution in [0.15, 0.2) is 36.4 Å². The molecule has 0 unspecified atom stereocenters. The van der Waals surface area contributed by atoms with Crippen molar-refractivity contribution in [1.82, 2.24) is 9.80 Å². The number of hydrogen-bond acceptors (Lipinski definition) is 6. The Morgan fingerprint density at radius 1 is 0.706 bits per heavy atom. The van der Waals surface area contributed by atoms with Gasteiger partial charge in [0.15, 0.2) is 0 Å². The number of benzene rings is 2. The lowest BCUT2D eigenvalue weighted by atomic mass is 9.65. The lowest BCUT2D eigenvalue weighted by molar-refractivity contribution is 0.0881. The Bertz CT molecular complexity index is 901. The van der Waals surface area contributed by atoms with E-state index in [0.29, 0.717) is 13.5 Å². The Balaban J connectivity index is 1.45. The third-order valence-electron chi connectivity index (χ3n) is 7.79. The Kier molecular flexibility index (Phi) is 7.40. The largest absolute Gasteiger partial charge is 0.478 e. The number of nitrogens with zero attached hydrogens (tertiary/aromatic N) is 2. The molecule has 2 heterocycles. The molecule has 0 atom stereocenters. The molecule has 2 aliphatic heterocycles. The molecule has 34 heavy (non-hydrogen) atoms. The normalized spacial score (nSPS) is 20.2. The van der Waals surface area contributed by atoms with Crippen LogP contribution in [0, 0.1) is 0 Å². The van der Waals surface area contributed by atoms with Crippen molar-refractivity contribution in [2.75, 3.05) is 39.8 Å². The minimum atomic E-state index is 0.0169. The fourth-order valence-electron chi connectivity index (χ4n) is 5.95. The molecule has 2 N–H and O–H groups in total. The highest BCUT2D eigenvalue weighted by atomic mass is 16.5. The van der Waals surface area contributed by atoms with E-state index in [9.17, 15) is 10.2 Å². The Morgan fingerprint density at radius 3 is 1.68 bits per heavy atom. The fraction of sp³-hybridized carbons (Fsp3) is 0.571. The predicted octanol–water partition coefficient (Wildman–Crippen LogP) is 4.01. The van der Waals surface area contributed by atoms with Gasteiger partial charge >= 0.3 is 0 Å². The average Bonchev–Trinajstić information content (AvgIpc) is 2.90. The summed E-state index contributed by atoms with van der Waals surface area (Å²) in [6.45, 7) is 5.06. The van der Waals surface area contributed by atoms with Crippen LogP contribution in [0.1, 0.15) is 67.2 Å². The third kappa shape index (κ3) is 4.82. The number of aliphatic hydroxyl groups is 2. The fourth-order valence-corrected chi connectivity index (χ4v) is 5.95. The molecule has 2 aromatic carbocycles. The molecule has 6 nitrogen and oxygen atoms in total. The quantitative estimate of drug-likeness (QED) is 0.613. The average molecular weight is 467 g/mol. The van der Waals surface area contributed by atoms with E-state index in [1.54, 1.807) is 0 Å². The van der Waals surface area contributed by atoms with Crippen LogP contribution in [0.5, 0.6) is 11.5 Å². The number of aliphatic hydroxyl groups excluding tert-OH is 2. The van der Waals surface area contributed by atoms with Crippen molar-refractivity contribution in [2.45, 2.75) is 63.5 Å². The molecule has 5 rings (SSSR count). The lowest BCUT2D eigenvalue weighted by Crippen LogP contribution is -2.35. The highest BCUT2D eigenvalue weighted by Gasteiger charge is 2.37. The van der Waals surface area contributed by atoms with Gasteiger partial charge < -0.3 is 19.7 Å². The molecule has 0 aromatic heterocycles. The van der Waals surface area contributed by atoms with Gasteiger partial charge in [0.1, 0.15) is 25.0 Å². The summed E-state index contributed by atoms with van der Waals surface area (Å²) in [5.74, 6) is 1.99. The van der Waals surface area contributed by atoms with E-state index < -0.39 is 0 Å². The van der Waals surface area contributed by atoms with Crippen molar-refractivity contribution in [2.24, 2.45) is 0 Å². The first kappa shape index (κ1) is 23.6. The topological polar surface area (TPSA) is 65.4 Å². The molecule has 0 saturated heterocycles. The molecule has 3 aliphatic rings. The van der Waals surface area contributed by atoms with Crippen molar-refractivity contribution in [3.05, 3.63) is 58.7 Å². The zero-order chi connectivity index (χ0) is 23.4. The van der Waals surface area contributed by atoms with Gasteiger partial charge in [0.25, 0.3) is 0 Å². The zero-order valence-electron chi connectivity index (χ0n) is 20.2. The second-order valence-corrected chi connectivity index (χ2v) is 10.1. The van der Waals surface area contributed by atoms with Crippen LogP contribution in [-0.2, 0) is 18.5 Å². The molecule has 0 bridgehead atoms. The molecule has 1 saturated carbocycles. The molecular formula is C28H38N2O4. The molecule has 1 fully saturated rings. The number of ether oxygens (including phenoxy) is 2. The van der Waals surface area contributed by atoms with Crippen molar-refractivity contribution < 1.29 is 19.7 Å². The van der Waals surface area contributed by atoms with E-state index in [1.807, 2.05) is 0 Å². The van der Waals surface area contributed by atoms with Gasteiger partial charge in [0, 0.05) is 55.9 Å². The van der Waals surface area contributed by atoms with E-state index in [-0.39, 0.29) is 18.6 Å². The summed E-state index contributed by atoms with van der Waals surface area (Å²) in [6.07, 6.45) is 7.65. The van der Waals surface area contributed by atoms with Crippen molar-refractivity contribution in [1.29, 1.82) is 0 Å². The predicted molar refractivity (Wildman–Crippen MR) is 132 cm³/mol. The minimum absolute atomic E-state index is 0.0169. The summed E-state index contributed by atoms with van der Waals surface area (Å²) < 4.78 is 12.1. The maximum atomic E-state index is 9.22. The molecular weight excluding hydrogens is 428 g/mol. The zero-order valence-corrected chi connectivity index (χ0v) is 20.2. The Morgan fingerprint density at radius 2 is 1.21 bits per heavy atom. The van der Waals surface area contributed by atoms with Crippen LogP contribution in [0.3, 0.4) is 0 Å². The van der Waals surface area contributed by atoms with Gasteiger partial charge in [-0.05, 0) is 61.1 Å². The van der Waals surface area contributed by atoms with E-state index in [4.69, 9.17) is 9.47 Å². The van der Waals surface area contributed by atoms with Gasteiger partial charge in [-0.25, -0.2) is 0 Å². The summed E-state index contributed by atoms with van der Waals surface area (Å²) in [4.78, 5) is 4.54. The molecule has 6 heteroatoms. The molecule has 0 spiro atoms. The van der Waals surface area contributed by atoms with Crippen LogP contribution in [0.4, 0.5) is 0 Å². The first-order chi connectivity index (χ1) is 16.7. The number of fused-ring (bicyclic) bond motifs is 2. The standard InChI is InChI=1S/C28H38N2O4/c31-14-4-12-29-18-22-16-24(6-8-26(22)33-20-29)28(10-2-1-3-11-28)25-7-9-27-23(17-25)19-30(21-34-27)13-5-15-32/h6-9,16-17,31-32H,1-5,10-15,18-21H2. The van der Waals surface area contributed by atoms with Gasteiger partial charge in [0.05, 0.1) is 0 Å². The van der Waals surface area contributed by atoms with E-state index in [0.717, 1.165) is 63.4 Å². The Hall–Kier alpha value is -2.12. The molecule has 2 aromatic rings. The summed E-state index contributed by atoms with van der Waals surface area (Å²) >= 11 is 0. The van der Waals surface area contributed by atoms with Gasteiger partial charge in [-0.15, -0.1) is 0 Å². The first-order valence-electron chi connectivity index (χ1n) is 12.9. The SMILES string of the molecule is OCCCN1COc2ccc(C3(c4ccc5c(c4)CN(CCCO)CO5)CCCCC3)cc2C1. The summed E-state index contributed by atoms with van der Waals surface area (Å²) in [6, 6.07) is 13.7. The number of rotatable bonds is 8. The van der Waals surface area contributed by atoms with Crippen LogP contribution in [-0.4, -0.2) is 59.8 Å². The molecule has 0 amide bonds. The van der Waals surface area contributed by atoms with Crippen molar-refractivity contribution in [3.63, 3.8) is 0 Å². The highest BCUT2D eigenvalue weighted by molar-refractivity contribution is 5.49. The van der Waals surface area contributed by atoms with Crippen molar-refractivity contribution >= 4 is 0 Å². The van der Waals surface area contributed by atoms with E-state index >= 15 is 0 Å². The summed E-state index contributed by atoms with van der Waals surface area (Å²) in [5.41, 5.74) is 5.31. The Labute approximate surface area is 203 Å². The van der Waals surface area contributed by atoms with Crippen LogP contribution in [0.25, 0.3) is 0 Å². The van der Waals surface area contributed by atoms with Crippen molar-refractivity contribution in [3.8, 4) is 11.5 Å². The minimum Gasteiger partial charge on any atom is -0.478 e. The van der Waals surface area contributed by atoms with Gasteiger partial charge in [0.2, 0.25) is 0 Å². The second kappa shape index (κ2) is 10.6. The van der Waals surface area contributed by atoms with E-state index in [2.05, 4.69) is 46.2 Å². The first-order valence-corrected chi connectivity index (χ1v) is 12.9. The smallest absolute Gasteiger partial charge is 0.142 e. The summed E-state index contributed by atoms with van der Waals surface area (Å²) in [7, 11) is 0. The van der Waals surface area contributed by atoms with Gasteiger partial charge in [-0.3, -0.25) is 9.80 Å². The van der Waals surface area contributed by atoms with Gasteiger partial charge in [-0.2, -0.15) is 0 Å². The van der Waals surface area contributed by atoms with E-state index in [1.165, 1.54) is 41.5 Å². The maximum absolute atomic E-state index is 9.22. The lowest BCUT2D eigenvalue weighted by Gasteiger charge is -2.40. The second-order valence-electron chi connectivity index (χ2n) is 10.1. The van der Waals surface area contributed by atoms with Gasteiger partial charge in [-0.1, -0.05) is 31.4 Å². The van der Waals surface area contributed by atoms with Crippen LogP contribution >= 0.6 is 0 Å². The number of hydrogen-bond donors (Lipinski definition) is 2. The monoisotopic (exact) mass is 466 g/mol. The summed E-state index contributed by atoms with van der Waals surface area (Å²) in [5, 5.41) is 18.4. The third-order valence-corrected chi connectivity index (χ3v) is 7.79.